The maximum atomic E-state index is 6.21. The zero-order valence-corrected chi connectivity index (χ0v) is 16.7. The van der Waals surface area contributed by atoms with Gasteiger partial charge in [0.05, 0.1) is 27.5 Å². The van der Waals surface area contributed by atoms with E-state index in [-0.39, 0.29) is 0 Å². The third kappa shape index (κ3) is 3.77. The van der Waals surface area contributed by atoms with E-state index >= 15 is 0 Å². The Morgan fingerprint density at radius 3 is 2.59 bits per heavy atom. The number of amidine groups is 1. The van der Waals surface area contributed by atoms with E-state index in [2.05, 4.69) is 33.4 Å². The fourth-order valence-corrected chi connectivity index (χ4v) is 4.04. The van der Waals surface area contributed by atoms with Crippen LogP contribution in [0, 0.1) is 0 Å². The van der Waals surface area contributed by atoms with Crippen molar-refractivity contribution in [3.8, 4) is 5.69 Å². The van der Waals surface area contributed by atoms with Gasteiger partial charge in [0, 0.05) is 12.8 Å². The molecule has 0 atom stereocenters. The molecule has 0 spiro atoms. The molecular formula is C18H16Cl2N6S. The fourth-order valence-electron chi connectivity index (χ4n) is 2.68. The molecule has 27 heavy (non-hydrogen) atoms. The first-order chi connectivity index (χ1) is 13.1. The van der Waals surface area contributed by atoms with Crippen molar-refractivity contribution < 1.29 is 0 Å². The van der Waals surface area contributed by atoms with Crippen LogP contribution in [-0.2, 0) is 5.75 Å². The molecule has 1 aliphatic heterocycles. The average molecular weight is 419 g/mol. The highest BCUT2D eigenvalue weighted by atomic mass is 35.5. The van der Waals surface area contributed by atoms with Crippen LogP contribution in [0.4, 0.5) is 0 Å². The van der Waals surface area contributed by atoms with Gasteiger partial charge in [0.1, 0.15) is 5.03 Å². The highest BCUT2D eigenvalue weighted by molar-refractivity contribution is 7.98. The summed E-state index contributed by atoms with van der Waals surface area (Å²) in [6.45, 7) is 0. The minimum absolute atomic E-state index is 0.490. The lowest BCUT2D eigenvalue weighted by atomic mass is 10.2. The number of hydrazine groups is 2. The molecule has 0 amide bonds. The van der Waals surface area contributed by atoms with Gasteiger partial charge in [-0.15, -0.1) is 22.4 Å². The number of hydrogen-bond acceptors (Lipinski definition) is 6. The standard InChI is InChI=1S/C18H16Cl2N6S/c1-25-17(22-23-24-25)14-10-21-26(13-7-8-15(19)16(20)9-13)18(14)27-11-12-5-3-2-4-6-12/h2-10,23-24H,11H2,1H3. The Morgan fingerprint density at radius 2 is 1.89 bits per heavy atom. The van der Waals surface area contributed by atoms with Crippen LogP contribution in [0.3, 0.4) is 0 Å². The summed E-state index contributed by atoms with van der Waals surface area (Å²) in [5, 5.41) is 12.7. The van der Waals surface area contributed by atoms with Gasteiger partial charge in [0.25, 0.3) is 0 Å². The Morgan fingerprint density at radius 1 is 1.07 bits per heavy atom. The summed E-state index contributed by atoms with van der Waals surface area (Å²) >= 11 is 14.0. The average Bonchev–Trinajstić information content (AvgIpc) is 3.28. The molecule has 1 aliphatic rings. The number of thioether (sulfide) groups is 1. The van der Waals surface area contributed by atoms with Crippen LogP contribution >= 0.6 is 35.0 Å². The summed E-state index contributed by atoms with van der Waals surface area (Å²) < 4.78 is 1.86. The maximum absolute atomic E-state index is 6.21. The second-order valence-electron chi connectivity index (χ2n) is 5.87. The van der Waals surface area contributed by atoms with Crippen molar-refractivity contribution >= 4 is 40.8 Å². The second-order valence-corrected chi connectivity index (χ2v) is 7.64. The normalized spacial score (nSPS) is 13.6. The van der Waals surface area contributed by atoms with E-state index in [1.807, 2.05) is 47.1 Å². The molecule has 6 nitrogen and oxygen atoms in total. The molecule has 2 N–H and O–H groups in total. The van der Waals surface area contributed by atoms with E-state index in [9.17, 15) is 0 Å². The topological polar surface area (TPSA) is 57.5 Å². The first-order valence-corrected chi connectivity index (χ1v) is 9.90. The van der Waals surface area contributed by atoms with E-state index in [1.165, 1.54) is 5.56 Å². The Balaban J connectivity index is 1.74. The van der Waals surface area contributed by atoms with Gasteiger partial charge in [-0.05, 0) is 23.8 Å². The van der Waals surface area contributed by atoms with Gasteiger partial charge >= 0.3 is 0 Å². The van der Waals surface area contributed by atoms with Gasteiger partial charge in [0.15, 0.2) is 5.84 Å². The van der Waals surface area contributed by atoms with Crippen LogP contribution < -0.4 is 11.1 Å². The van der Waals surface area contributed by atoms with E-state index in [0.29, 0.717) is 10.0 Å². The summed E-state index contributed by atoms with van der Waals surface area (Å²) in [4.78, 5) is 0. The largest absolute Gasteiger partial charge is 0.274 e. The van der Waals surface area contributed by atoms with Gasteiger partial charge in [-0.1, -0.05) is 53.5 Å². The summed E-state index contributed by atoms with van der Waals surface area (Å²) in [7, 11) is 1.89. The molecule has 0 fully saturated rings. The van der Waals surface area contributed by atoms with Crippen LogP contribution in [0.25, 0.3) is 5.69 Å². The molecule has 4 rings (SSSR count). The van der Waals surface area contributed by atoms with Gasteiger partial charge in [-0.3, -0.25) is 5.01 Å². The van der Waals surface area contributed by atoms with Crippen molar-refractivity contribution in [3.05, 3.63) is 75.9 Å². The van der Waals surface area contributed by atoms with Gasteiger partial charge in [0.2, 0.25) is 0 Å². The Hall–Kier alpha value is -2.19. The number of hydrogen-bond donors (Lipinski definition) is 2. The monoisotopic (exact) mass is 418 g/mol. The third-order valence-corrected chi connectivity index (χ3v) is 5.91. The predicted octanol–water partition coefficient (Wildman–Crippen LogP) is 4.09. The second kappa shape index (κ2) is 7.82. The van der Waals surface area contributed by atoms with Crippen LogP contribution in [0.5, 0.6) is 0 Å². The molecular weight excluding hydrogens is 403 g/mol. The zero-order chi connectivity index (χ0) is 18.8. The minimum atomic E-state index is 0.490. The number of halogens is 2. The molecule has 3 aromatic rings. The van der Waals surface area contributed by atoms with Crippen LogP contribution in [0.1, 0.15) is 11.1 Å². The number of rotatable bonds is 5. The number of benzene rings is 2. The first-order valence-electron chi connectivity index (χ1n) is 8.16. The van der Waals surface area contributed by atoms with Crippen molar-refractivity contribution in [2.24, 2.45) is 5.10 Å². The minimum Gasteiger partial charge on any atom is -0.274 e. The smallest absolute Gasteiger partial charge is 0.177 e. The molecule has 2 heterocycles. The molecule has 0 radical (unpaired) electrons. The van der Waals surface area contributed by atoms with Crippen molar-refractivity contribution in [1.82, 2.24) is 25.9 Å². The Kier molecular flexibility index (Phi) is 5.27. The van der Waals surface area contributed by atoms with Gasteiger partial charge in [-0.2, -0.15) is 5.10 Å². The van der Waals surface area contributed by atoms with Crippen molar-refractivity contribution in [3.63, 3.8) is 0 Å². The van der Waals surface area contributed by atoms with E-state index in [1.54, 1.807) is 24.0 Å². The van der Waals surface area contributed by atoms with Gasteiger partial charge in [-0.25, -0.2) is 10.2 Å². The van der Waals surface area contributed by atoms with Crippen molar-refractivity contribution in [1.29, 1.82) is 0 Å². The van der Waals surface area contributed by atoms with Crippen LogP contribution in [0.15, 0.2) is 64.9 Å². The van der Waals surface area contributed by atoms with E-state index < -0.39 is 0 Å². The van der Waals surface area contributed by atoms with Gasteiger partial charge < -0.3 is 0 Å². The summed E-state index contributed by atoms with van der Waals surface area (Å²) in [5.41, 5.74) is 8.69. The van der Waals surface area contributed by atoms with E-state index in [0.717, 1.165) is 27.9 Å². The number of nitrogens with zero attached hydrogens (tertiary/aromatic N) is 4. The Bertz CT molecular complexity index is 989. The maximum Gasteiger partial charge on any atom is 0.177 e. The lowest BCUT2D eigenvalue weighted by Gasteiger charge is -2.14. The molecule has 0 saturated carbocycles. The third-order valence-electron chi connectivity index (χ3n) is 4.03. The lowest BCUT2D eigenvalue weighted by Crippen LogP contribution is -2.37. The number of aromatic nitrogens is 2. The molecule has 0 bridgehead atoms. The summed E-state index contributed by atoms with van der Waals surface area (Å²) in [5.74, 6) is 1.57. The number of hydrazone groups is 1. The SMILES string of the molecule is CN1NNN=C1c1cnn(-c2ccc(Cl)c(Cl)c2)c1SCc1ccccc1. The molecule has 0 aliphatic carbocycles. The highest BCUT2D eigenvalue weighted by Crippen LogP contribution is 2.32. The lowest BCUT2D eigenvalue weighted by molar-refractivity contribution is 0.348. The summed E-state index contributed by atoms with van der Waals surface area (Å²) in [6.07, 6.45) is 1.81. The Labute approximate surface area is 171 Å². The van der Waals surface area contributed by atoms with Crippen molar-refractivity contribution in [2.45, 2.75) is 10.8 Å². The van der Waals surface area contributed by atoms with Crippen molar-refractivity contribution in [2.75, 3.05) is 7.05 Å². The molecule has 2 aromatic carbocycles. The molecule has 0 unspecified atom stereocenters. The molecule has 9 heteroatoms. The number of nitrogens with one attached hydrogen (secondary N) is 2. The molecule has 138 valence electrons. The predicted molar refractivity (Wildman–Crippen MR) is 110 cm³/mol. The zero-order valence-electron chi connectivity index (χ0n) is 14.4. The van der Waals surface area contributed by atoms with E-state index in [4.69, 9.17) is 23.2 Å². The molecule has 0 saturated heterocycles. The summed E-state index contributed by atoms with van der Waals surface area (Å²) in [6, 6.07) is 15.8. The highest BCUT2D eigenvalue weighted by Gasteiger charge is 2.23. The first kappa shape index (κ1) is 18.2. The fraction of sp³-hybridized carbons (Fsp3) is 0.111. The van der Waals surface area contributed by atoms with Crippen LogP contribution in [-0.4, -0.2) is 27.7 Å². The van der Waals surface area contributed by atoms with Crippen LogP contribution in [0.2, 0.25) is 10.0 Å². The quantitative estimate of drug-likeness (QED) is 0.611. The molecule has 1 aromatic heterocycles.